The lowest BCUT2D eigenvalue weighted by atomic mass is 9.74. The fourth-order valence-electron chi connectivity index (χ4n) is 2.56. The molecule has 0 atom stereocenters. The molecule has 4 heteroatoms. The summed E-state index contributed by atoms with van der Waals surface area (Å²) in [5.74, 6) is 0.0373. The van der Waals surface area contributed by atoms with E-state index >= 15 is 0 Å². The SMILES string of the molecule is CC(C)(CNCCCCC(=O)O)C1CCOCC1. The molecule has 0 aromatic rings. The highest BCUT2D eigenvalue weighted by Gasteiger charge is 2.30. The minimum atomic E-state index is -0.697. The van der Waals surface area contributed by atoms with Crippen molar-refractivity contribution in [3.63, 3.8) is 0 Å². The third-order valence-electron chi connectivity index (χ3n) is 3.90. The monoisotopic (exact) mass is 257 g/mol. The van der Waals surface area contributed by atoms with Gasteiger partial charge < -0.3 is 15.2 Å². The summed E-state index contributed by atoms with van der Waals surface area (Å²) in [5.41, 5.74) is 0.302. The van der Waals surface area contributed by atoms with Crippen LogP contribution < -0.4 is 5.32 Å². The van der Waals surface area contributed by atoms with Gasteiger partial charge in [-0.3, -0.25) is 4.79 Å². The number of unbranched alkanes of at least 4 members (excludes halogenated alkanes) is 1. The van der Waals surface area contributed by atoms with Crippen molar-refractivity contribution in [2.45, 2.75) is 46.0 Å². The maximum absolute atomic E-state index is 10.4. The van der Waals surface area contributed by atoms with Crippen LogP contribution in [0.1, 0.15) is 46.0 Å². The molecule has 106 valence electrons. The standard InChI is InChI=1S/C14H27NO3/c1-14(2,12-6-9-18-10-7-12)11-15-8-4-3-5-13(16)17/h12,15H,3-11H2,1-2H3,(H,16,17). The Labute approximate surface area is 110 Å². The second-order valence-corrected chi connectivity index (χ2v) is 5.90. The zero-order valence-electron chi connectivity index (χ0n) is 11.7. The molecule has 4 nitrogen and oxygen atoms in total. The lowest BCUT2D eigenvalue weighted by molar-refractivity contribution is -0.137. The highest BCUT2D eigenvalue weighted by Crippen LogP contribution is 2.33. The van der Waals surface area contributed by atoms with Gasteiger partial charge in [0.2, 0.25) is 0 Å². The summed E-state index contributed by atoms with van der Waals surface area (Å²) in [6, 6.07) is 0. The molecule has 0 aromatic heterocycles. The van der Waals surface area contributed by atoms with E-state index in [2.05, 4.69) is 19.2 Å². The van der Waals surface area contributed by atoms with Crippen molar-refractivity contribution < 1.29 is 14.6 Å². The molecule has 0 aliphatic carbocycles. The van der Waals surface area contributed by atoms with Crippen molar-refractivity contribution in [2.24, 2.45) is 11.3 Å². The number of carbonyl (C=O) groups is 1. The van der Waals surface area contributed by atoms with E-state index in [4.69, 9.17) is 9.84 Å². The molecular formula is C14H27NO3. The van der Waals surface area contributed by atoms with Gasteiger partial charge in [0.1, 0.15) is 0 Å². The normalized spacial score (nSPS) is 17.9. The zero-order chi connectivity index (χ0) is 13.4. The Hall–Kier alpha value is -0.610. The van der Waals surface area contributed by atoms with Gasteiger partial charge in [-0.05, 0) is 43.6 Å². The van der Waals surface area contributed by atoms with Gasteiger partial charge in [0.25, 0.3) is 0 Å². The number of carboxylic acids is 1. The maximum atomic E-state index is 10.4. The average molecular weight is 257 g/mol. The van der Waals surface area contributed by atoms with Crippen molar-refractivity contribution in [1.29, 1.82) is 0 Å². The van der Waals surface area contributed by atoms with Gasteiger partial charge in [-0.25, -0.2) is 0 Å². The van der Waals surface area contributed by atoms with Gasteiger partial charge >= 0.3 is 5.97 Å². The number of carboxylic acid groups (broad SMARTS) is 1. The molecule has 0 aromatic carbocycles. The van der Waals surface area contributed by atoms with Crippen molar-refractivity contribution in [1.82, 2.24) is 5.32 Å². The molecule has 1 fully saturated rings. The van der Waals surface area contributed by atoms with Crippen molar-refractivity contribution in [2.75, 3.05) is 26.3 Å². The lowest BCUT2D eigenvalue weighted by Crippen LogP contribution is -2.38. The van der Waals surface area contributed by atoms with Crippen molar-refractivity contribution in [3.8, 4) is 0 Å². The van der Waals surface area contributed by atoms with Crippen LogP contribution in [0, 0.1) is 11.3 Å². The third-order valence-corrected chi connectivity index (χ3v) is 3.90. The quantitative estimate of drug-likeness (QED) is 0.655. The number of ether oxygens (including phenoxy) is 1. The molecule has 1 saturated heterocycles. The van der Waals surface area contributed by atoms with Crippen LogP contribution in [0.4, 0.5) is 0 Å². The molecule has 0 radical (unpaired) electrons. The summed E-state index contributed by atoms with van der Waals surface area (Å²) < 4.78 is 5.40. The van der Waals surface area contributed by atoms with Crippen LogP contribution in [0.2, 0.25) is 0 Å². The predicted molar refractivity (Wildman–Crippen MR) is 71.7 cm³/mol. The first-order valence-electron chi connectivity index (χ1n) is 7.02. The fraction of sp³-hybridized carbons (Fsp3) is 0.929. The lowest BCUT2D eigenvalue weighted by Gasteiger charge is -2.37. The van der Waals surface area contributed by atoms with Crippen molar-refractivity contribution in [3.05, 3.63) is 0 Å². The second-order valence-electron chi connectivity index (χ2n) is 5.90. The number of aliphatic carboxylic acids is 1. The summed E-state index contributed by atoms with van der Waals surface area (Å²) in [4.78, 5) is 10.4. The Balaban J connectivity index is 2.10. The first-order valence-corrected chi connectivity index (χ1v) is 7.02. The molecule has 0 unspecified atom stereocenters. The van der Waals surface area contributed by atoms with Gasteiger partial charge in [-0.15, -0.1) is 0 Å². The number of rotatable bonds is 8. The molecule has 0 amide bonds. The minimum absolute atomic E-state index is 0.283. The Morgan fingerprint density at radius 1 is 1.33 bits per heavy atom. The van der Waals surface area contributed by atoms with Crippen LogP contribution in [-0.4, -0.2) is 37.4 Å². The van der Waals surface area contributed by atoms with E-state index in [1.54, 1.807) is 0 Å². The van der Waals surface area contributed by atoms with Crippen LogP contribution >= 0.6 is 0 Å². The maximum Gasteiger partial charge on any atom is 0.303 e. The number of hydrogen-bond acceptors (Lipinski definition) is 3. The number of hydrogen-bond donors (Lipinski definition) is 2. The van der Waals surface area contributed by atoms with Crippen molar-refractivity contribution >= 4 is 5.97 Å². The molecule has 0 saturated carbocycles. The van der Waals surface area contributed by atoms with Gasteiger partial charge in [-0.2, -0.15) is 0 Å². The smallest absolute Gasteiger partial charge is 0.303 e. The Morgan fingerprint density at radius 2 is 2.00 bits per heavy atom. The first kappa shape index (κ1) is 15.4. The Bertz CT molecular complexity index is 247. The van der Waals surface area contributed by atoms with Gasteiger partial charge in [-0.1, -0.05) is 13.8 Å². The highest BCUT2D eigenvalue weighted by molar-refractivity contribution is 5.66. The fourth-order valence-corrected chi connectivity index (χ4v) is 2.56. The third kappa shape index (κ3) is 5.83. The van der Waals surface area contributed by atoms with Crippen LogP contribution in [-0.2, 0) is 9.53 Å². The summed E-state index contributed by atoms with van der Waals surface area (Å²) in [6.45, 7) is 8.34. The van der Waals surface area contributed by atoms with E-state index in [9.17, 15) is 4.79 Å². The molecule has 2 N–H and O–H groups in total. The largest absolute Gasteiger partial charge is 0.481 e. The van der Waals surface area contributed by atoms with E-state index < -0.39 is 5.97 Å². The molecule has 0 spiro atoms. The number of nitrogens with one attached hydrogen (secondary N) is 1. The van der Waals surface area contributed by atoms with Crippen LogP contribution in [0.25, 0.3) is 0 Å². The molecule has 18 heavy (non-hydrogen) atoms. The predicted octanol–water partition coefficient (Wildman–Crippen LogP) is 2.28. The van der Waals surface area contributed by atoms with E-state index in [-0.39, 0.29) is 6.42 Å². The van der Waals surface area contributed by atoms with Gasteiger partial charge in [0.15, 0.2) is 0 Å². The zero-order valence-corrected chi connectivity index (χ0v) is 11.7. The van der Waals surface area contributed by atoms with Crippen LogP contribution in [0.15, 0.2) is 0 Å². The summed E-state index contributed by atoms with van der Waals surface area (Å²) in [6.07, 6.45) is 4.31. The van der Waals surface area contributed by atoms with E-state index in [1.165, 1.54) is 0 Å². The highest BCUT2D eigenvalue weighted by atomic mass is 16.5. The molecular weight excluding hydrogens is 230 g/mol. The van der Waals surface area contributed by atoms with Crippen LogP contribution in [0.3, 0.4) is 0 Å². The topological polar surface area (TPSA) is 58.6 Å². The summed E-state index contributed by atoms with van der Waals surface area (Å²) in [5, 5.41) is 12.0. The molecule has 1 aliphatic rings. The minimum Gasteiger partial charge on any atom is -0.481 e. The molecule has 1 aliphatic heterocycles. The van der Waals surface area contributed by atoms with Gasteiger partial charge in [0.05, 0.1) is 0 Å². The van der Waals surface area contributed by atoms with E-state index in [0.717, 1.165) is 57.9 Å². The van der Waals surface area contributed by atoms with Gasteiger partial charge in [0, 0.05) is 26.2 Å². The second kappa shape index (κ2) is 7.74. The van der Waals surface area contributed by atoms with Crippen LogP contribution in [0.5, 0.6) is 0 Å². The summed E-state index contributed by atoms with van der Waals surface area (Å²) >= 11 is 0. The Kier molecular flexibility index (Phi) is 6.65. The molecule has 1 heterocycles. The molecule has 0 bridgehead atoms. The van der Waals surface area contributed by atoms with E-state index in [0.29, 0.717) is 5.41 Å². The summed E-state index contributed by atoms with van der Waals surface area (Å²) in [7, 11) is 0. The Morgan fingerprint density at radius 3 is 2.61 bits per heavy atom. The average Bonchev–Trinajstić information content (AvgIpc) is 2.34. The van der Waals surface area contributed by atoms with E-state index in [1.807, 2.05) is 0 Å². The molecule has 1 rings (SSSR count). The first-order chi connectivity index (χ1) is 8.52.